The molecule has 1 aromatic carbocycles. The van der Waals surface area contributed by atoms with Crippen LogP contribution in [-0.4, -0.2) is 18.2 Å². The lowest BCUT2D eigenvalue weighted by Crippen LogP contribution is -2.36. The predicted molar refractivity (Wildman–Crippen MR) is 90.5 cm³/mol. The molecule has 2 rings (SSSR count). The van der Waals surface area contributed by atoms with E-state index >= 15 is 0 Å². The van der Waals surface area contributed by atoms with Crippen molar-refractivity contribution in [2.75, 3.05) is 11.9 Å². The maximum Gasteiger partial charge on any atom is 0.412 e. The van der Waals surface area contributed by atoms with Crippen LogP contribution in [0.2, 0.25) is 5.02 Å². The molecule has 0 unspecified atom stereocenters. The number of nitrogens with two attached hydrogens (primary N) is 1. The van der Waals surface area contributed by atoms with Gasteiger partial charge in [-0.25, -0.2) is 4.79 Å². The zero-order valence-electron chi connectivity index (χ0n) is 13.5. The minimum Gasteiger partial charge on any atom is -0.444 e. The van der Waals surface area contributed by atoms with Gasteiger partial charge in [-0.2, -0.15) is 0 Å². The molecule has 3 N–H and O–H groups in total. The number of hydrogen-bond acceptors (Lipinski definition) is 3. The minimum atomic E-state index is -0.520. The third kappa shape index (κ3) is 3.93. The van der Waals surface area contributed by atoms with Crippen LogP contribution in [0.5, 0.6) is 0 Å². The van der Waals surface area contributed by atoms with Crippen molar-refractivity contribution in [2.45, 2.75) is 57.5 Å². The van der Waals surface area contributed by atoms with Crippen LogP contribution in [-0.2, 0) is 10.2 Å². The first-order chi connectivity index (χ1) is 10.3. The molecule has 1 fully saturated rings. The van der Waals surface area contributed by atoms with Gasteiger partial charge in [0.2, 0.25) is 0 Å². The lowest BCUT2D eigenvalue weighted by atomic mass is 9.62. The topological polar surface area (TPSA) is 64.3 Å². The van der Waals surface area contributed by atoms with Gasteiger partial charge in [0.15, 0.2) is 0 Å². The molecular weight excluding hydrogens is 300 g/mol. The highest BCUT2D eigenvalue weighted by Gasteiger charge is 2.39. The zero-order valence-corrected chi connectivity index (χ0v) is 14.3. The Balaban J connectivity index is 2.18. The number of rotatable bonds is 4. The molecule has 5 heteroatoms. The summed E-state index contributed by atoms with van der Waals surface area (Å²) in [7, 11) is 0. The molecule has 0 aromatic heterocycles. The quantitative estimate of drug-likeness (QED) is 0.859. The second-order valence-corrected chi connectivity index (χ2v) is 7.40. The van der Waals surface area contributed by atoms with Crippen molar-refractivity contribution in [1.29, 1.82) is 0 Å². The van der Waals surface area contributed by atoms with Crippen molar-refractivity contribution in [1.82, 2.24) is 0 Å². The van der Waals surface area contributed by atoms with Crippen LogP contribution in [0, 0.1) is 0 Å². The number of benzene rings is 1. The largest absolute Gasteiger partial charge is 0.444 e. The van der Waals surface area contributed by atoms with E-state index in [1.165, 1.54) is 6.42 Å². The number of halogens is 1. The number of nitrogens with one attached hydrogen (secondary N) is 1. The Morgan fingerprint density at radius 3 is 2.59 bits per heavy atom. The number of hydrogen-bond donors (Lipinski definition) is 2. The van der Waals surface area contributed by atoms with Gasteiger partial charge in [-0.15, -0.1) is 0 Å². The first kappa shape index (κ1) is 17.1. The van der Waals surface area contributed by atoms with Gasteiger partial charge in [0.1, 0.15) is 5.60 Å². The van der Waals surface area contributed by atoms with Gasteiger partial charge in [0, 0.05) is 10.7 Å². The van der Waals surface area contributed by atoms with Crippen LogP contribution in [0.3, 0.4) is 0 Å². The summed E-state index contributed by atoms with van der Waals surface area (Å²) in [4.78, 5) is 11.9. The Bertz CT molecular complexity index is 548. The van der Waals surface area contributed by atoms with Crippen molar-refractivity contribution in [2.24, 2.45) is 5.73 Å². The molecule has 0 spiro atoms. The summed E-state index contributed by atoms with van der Waals surface area (Å²) >= 11 is 6.39. The average Bonchev–Trinajstić information content (AvgIpc) is 2.34. The van der Waals surface area contributed by atoms with E-state index in [0.29, 0.717) is 12.2 Å². The molecule has 4 nitrogen and oxygen atoms in total. The normalized spacial score (nSPS) is 16.8. The zero-order chi connectivity index (χ0) is 16.4. The lowest BCUT2D eigenvalue weighted by Gasteiger charge is -2.43. The molecule has 1 aliphatic carbocycles. The number of carbonyl (C=O) groups is 1. The highest BCUT2D eigenvalue weighted by atomic mass is 35.5. The third-order valence-corrected chi connectivity index (χ3v) is 4.45. The number of carbonyl (C=O) groups excluding carboxylic acids is 1. The first-order valence-electron chi connectivity index (χ1n) is 7.76. The maximum atomic E-state index is 11.9. The Morgan fingerprint density at radius 2 is 2.09 bits per heavy atom. The second kappa shape index (κ2) is 6.47. The maximum absolute atomic E-state index is 11.9. The van der Waals surface area contributed by atoms with Crippen LogP contribution in [0.1, 0.15) is 52.0 Å². The van der Waals surface area contributed by atoms with Gasteiger partial charge in [-0.3, -0.25) is 5.32 Å². The van der Waals surface area contributed by atoms with Gasteiger partial charge in [-0.1, -0.05) is 18.0 Å². The summed E-state index contributed by atoms with van der Waals surface area (Å²) in [5, 5.41) is 3.52. The van der Waals surface area contributed by atoms with Crippen LogP contribution in [0.4, 0.5) is 10.5 Å². The molecule has 1 aromatic rings. The molecule has 1 amide bonds. The van der Waals surface area contributed by atoms with Crippen molar-refractivity contribution < 1.29 is 9.53 Å². The molecular formula is C17H25ClN2O2. The van der Waals surface area contributed by atoms with Crippen molar-refractivity contribution in [3.05, 3.63) is 28.8 Å². The van der Waals surface area contributed by atoms with Crippen LogP contribution < -0.4 is 11.1 Å². The monoisotopic (exact) mass is 324 g/mol. The predicted octanol–water partition coefficient (Wildman–Crippen LogP) is 4.46. The Morgan fingerprint density at radius 1 is 1.41 bits per heavy atom. The van der Waals surface area contributed by atoms with E-state index in [0.717, 1.165) is 29.8 Å². The molecule has 0 atom stereocenters. The summed E-state index contributed by atoms with van der Waals surface area (Å²) in [6.07, 6.45) is 3.85. The molecule has 0 heterocycles. The first-order valence-corrected chi connectivity index (χ1v) is 8.14. The van der Waals surface area contributed by atoms with E-state index in [9.17, 15) is 4.79 Å². The van der Waals surface area contributed by atoms with Crippen LogP contribution in [0.25, 0.3) is 0 Å². The fourth-order valence-electron chi connectivity index (χ4n) is 2.96. The molecule has 0 bridgehead atoms. The molecule has 22 heavy (non-hydrogen) atoms. The molecule has 1 aliphatic rings. The third-order valence-electron chi connectivity index (χ3n) is 4.12. The van der Waals surface area contributed by atoms with E-state index in [1.54, 1.807) is 6.07 Å². The Kier molecular flexibility index (Phi) is 5.03. The van der Waals surface area contributed by atoms with Crippen molar-refractivity contribution in [3.8, 4) is 0 Å². The Hall–Kier alpha value is -1.26. The SMILES string of the molecule is CC(C)(C)OC(=O)Nc1ccc(Cl)c(C2(CCN)CCC2)c1. The van der Waals surface area contributed by atoms with E-state index < -0.39 is 11.7 Å². The molecule has 0 radical (unpaired) electrons. The highest BCUT2D eigenvalue weighted by molar-refractivity contribution is 6.31. The fraction of sp³-hybridized carbons (Fsp3) is 0.588. The van der Waals surface area contributed by atoms with E-state index in [2.05, 4.69) is 5.32 Å². The van der Waals surface area contributed by atoms with Crippen LogP contribution in [0.15, 0.2) is 18.2 Å². The van der Waals surface area contributed by atoms with Crippen molar-refractivity contribution >= 4 is 23.4 Å². The number of amides is 1. The molecule has 0 saturated heterocycles. The van der Waals surface area contributed by atoms with E-state index in [-0.39, 0.29) is 5.41 Å². The highest BCUT2D eigenvalue weighted by Crippen LogP contribution is 2.49. The van der Waals surface area contributed by atoms with E-state index in [1.807, 2.05) is 32.9 Å². The van der Waals surface area contributed by atoms with Crippen molar-refractivity contribution in [3.63, 3.8) is 0 Å². The summed E-state index contributed by atoms with van der Waals surface area (Å²) in [6.45, 7) is 6.15. The summed E-state index contributed by atoms with van der Waals surface area (Å²) in [5.74, 6) is 0. The van der Waals surface area contributed by atoms with Gasteiger partial charge >= 0.3 is 6.09 Å². The van der Waals surface area contributed by atoms with Gasteiger partial charge in [0.05, 0.1) is 0 Å². The van der Waals surface area contributed by atoms with E-state index in [4.69, 9.17) is 22.1 Å². The summed E-state index contributed by atoms with van der Waals surface area (Å²) in [6, 6.07) is 5.59. The average molecular weight is 325 g/mol. The van der Waals surface area contributed by atoms with Gasteiger partial charge < -0.3 is 10.5 Å². The summed E-state index contributed by atoms with van der Waals surface area (Å²) < 4.78 is 5.28. The van der Waals surface area contributed by atoms with Gasteiger partial charge in [0.25, 0.3) is 0 Å². The molecule has 0 aliphatic heterocycles. The second-order valence-electron chi connectivity index (χ2n) is 6.99. The standard InChI is InChI=1S/C17H25ClN2O2/c1-16(2,3)22-15(21)20-12-5-6-14(18)13(11-12)17(9-10-19)7-4-8-17/h5-6,11H,4,7-10,19H2,1-3H3,(H,20,21). The lowest BCUT2D eigenvalue weighted by molar-refractivity contribution is 0.0636. The van der Waals surface area contributed by atoms with Crippen LogP contribution >= 0.6 is 11.6 Å². The van der Waals surface area contributed by atoms with Gasteiger partial charge in [-0.05, 0) is 75.8 Å². The molecule has 122 valence electrons. The minimum absolute atomic E-state index is 0.0669. The number of ether oxygens (including phenoxy) is 1. The fourth-order valence-corrected chi connectivity index (χ4v) is 3.28. The molecule has 1 saturated carbocycles. The Labute approximate surface area is 137 Å². The summed E-state index contributed by atoms with van der Waals surface area (Å²) in [5.41, 5.74) is 7.10. The number of anilines is 1. The smallest absolute Gasteiger partial charge is 0.412 e.